The lowest BCUT2D eigenvalue weighted by Crippen LogP contribution is -2.45. The molecule has 3 aliphatic carbocycles. The van der Waals surface area contributed by atoms with E-state index in [1.54, 1.807) is 0 Å². The van der Waals surface area contributed by atoms with Gasteiger partial charge in [-0.3, -0.25) is 0 Å². The smallest absolute Gasteiger partial charge is 0.0609 e. The first kappa shape index (κ1) is 19.9. The second-order valence-corrected chi connectivity index (χ2v) is 11.4. The third-order valence-corrected chi connectivity index (χ3v) is 9.77. The largest absolute Gasteiger partial charge is 0.374 e. The van der Waals surface area contributed by atoms with Crippen molar-refractivity contribution < 1.29 is 4.74 Å². The summed E-state index contributed by atoms with van der Waals surface area (Å²) < 4.78 is 7.00. The fourth-order valence-corrected chi connectivity index (χ4v) is 8.29. The van der Waals surface area contributed by atoms with Gasteiger partial charge in [-0.1, -0.05) is 51.4 Å². The fourth-order valence-electron chi connectivity index (χ4n) is 8.29. The molecule has 0 radical (unpaired) electrons. The molecule has 0 aromatic carbocycles. The summed E-state index contributed by atoms with van der Waals surface area (Å²) in [6, 6.07) is 0.905. The highest BCUT2D eigenvalue weighted by Crippen LogP contribution is 2.49. The Hall–Kier alpha value is -0.0800. The van der Waals surface area contributed by atoms with Gasteiger partial charge in [0.05, 0.1) is 12.2 Å². The van der Waals surface area contributed by atoms with Gasteiger partial charge >= 0.3 is 0 Å². The zero-order chi connectivity index (χ0) is 18.9. The Balaban J connectivity index is 1.33. The van der Waals surface area contributed by atoms with Crippen LogP contribution < -0.4 is 0 Å². The van der Waals surface area contributed by atoms with Gasteiger partial charge in [0.15, 0.2) is 0 Å². The molecule has 28 heavy (non-hydrogen) atoms. The zero-order valence-electron chi connectivity index (χ0n) is 18.5. The summed E-state index contributed by atoms with van der Waals surface area (Å²) in [5, 5.41) is 0. The standard InChI is InChI=1S/C26H45NO/c1-27-18-23(22-14-8-9-15-24(22)27)21-16-25(19-10-4-2-5-11-19)28-26(17-21)20-12-6-3-7-13-20/h19-26H,2-18H2,1H3. The minimum Gasteiger partial charge on any atom is -0.374 e. The summed E-state index contributed by atoms with van der Waals surface area (Å²) in [5.74, 6) is 4.67. The topological polar surface area (TPSA) is 12.5 Å². The van der Waals surface area contributed by atoms with E-state index in [-0.39, 0.29) is 0 Å². The molecule has 5 aliphatic rings. The van der Waals surface area contributed by atoms with E-state index in [0.29, 0.717) is 12.2 Å². The number of likely N-dealkylation sites (tertiary alicyclic amines) is 1. The maximum absolute atomic E-state index is 7.00. The molecule has 0 aromatic rings. The SMILES string of the molecule is CN1CC(C2CC(C3CCCCC3)OC(C3CCCCC3)C2)C2CCCCC21. The van der Waals surface area contributed by atoms with Crippen molar-refractivity contribution in [2.75, 3.05) is 13.6 Å². The van der Waals surface area contributed by atoms with Crippen LogP contribution in [0.1, 0.15) is 103 Å². The fraction of sp³-hybridized carbons (Fsp3) is 1.00. The average Bonchev–Trinajstić information content (AvgIpc) is 3.12. The van der Waals surface area contributed by atoms with Crippen LogP contribution in [0.2, 0.25) is 0 Å². The molecule has 0 amide bonds. The van der Waals surface area contributed by atoms with E-state index in [1.165, 1.54) is 109 Å². The lowest BCUT2D eigenvalue weighted by molar-refractivity contribution is -0.137. The van der Waals surface area contributed by atoms with Crippen LogP contribution in [0.15, 0.2) is 0 Å². The Morgan fingerprint density at radius 1 is 0.571 bits per heavy atom. The van der Waals surface area contributed by atoms with E-state index >= 15 is 0 Å². The molecule has 0 aromatic heterocycles. The van der Waals surface area contributed by atoms with Crippen LogP contribution in [0.3, 0.4) is 0 Å². The molecule has 0 N–H and O–H groups in total. The van der Waals surface area contributed by atoms with Crippen LogP contribution >= 0.6 is 0 Å². The Morgan fingerprint density at radius 2 is 1.11 bits per heavy atom. The maximum atomic E-state index is 7.00. The molecule has 5 rings (SSSR count). The molecular weight excluding hydrogens is 342 g/mol. The van der Waals surface area contributed by atoms with Gasteiger partial charge in [-0.2, -0.15) is 0 Å². The van der Waals surface area contributed by atoms with Crippen molar-refractivity contribution in [3.05, 3.63) is 0 Å². The first-order valence-corrected chi connectivity index (χ1v) is 13.2. The molecule has 3 saturated carbocycles. The Labute approximate surface area is 174 Å². The summed E-state index contributed by atoms with van der Waals surface area (Å²) >= 11 is 0. The van der Waals surface area contributed by atoms with Crippen molar-refractivity contribution in [2.45, 2.75) is 121 Å². The van der Waals surface area contributed by atoms with E-state index in [1.807, 2.05) is 0 Å². The minimum absolute atomic E-state index is 0.596. The van der Waals surface area contributed by atoms with Crippen molar-refractivity contribution >= 4 is 0 Å². The second-order valence-electron chi connectivity index (χ2n) is 11.4. The maximum Gasteiger partial charge on any atom is 0.0609 e. The number of hydrogen-bond donors (Lipinski definition) is 0. The molecule has 5 atom stereocenters. The lowest BCUT2D eigenvalue weighted by Gasteiger charge is -2.46. The van der Waals surface area contributed by atoms with Crippen molar-refractivity contribution in [3.8, 4) is 0 Å². The number of fused-ring (bicyclic) bond motifs is 1. The van der Waals surface area contributed by atoms with Gasteiger partial charge in [0.1, 0.15) is 0 Å². The van der Waals surface area contributed by atoms with Crippen molar-refractivity contribution in [3.63, 3.8) is 0 Å². The van der Waals surface area contributed by atoms with E-state index in [4.69, 9.17) is 4.74 Å². The van der Waals surface area contributed by atoms with Crippen molar-refractivity contribution in [1.29, 1.82) is 0 Å². The molecule has 5 unspecified atom stereocenters. The third-order valence-electron chi connectivity index (χ3n) is 9.77. The molecular formula is C26H45NO. The van der Waals surface area contributed by atoms with Crippen LogP contribution in [-0.2, 0) is 4.74 Å². The van der Waals surface area contributed by atoms with Crippen LogP contribution in [0, 0.1) is 29.6 Å². The van der Waals surface area contributed by atoms with Crippen LogP contribution in [0.5, 0.6) is 0 Å². The summed E-state index contributed by atoms with van der Waals surface area (Å²) in [6.45, 7) is 1.38. The minimum atomic E-state index is 0.596. The molecule has 160 valence electrons. The predicted molar refractivity (Wildman–Crippen MR) is 116 cm³/mol. The van der Waals surface area contributed by atoms with E-state index in [2.05, 4.69) is 11.9 Å². The van der Waals surface area contributed by atoms with E-state index in [0.717, 1.165) is 35.6 Å². The highest BCUT2D eigenvalue weighted by Gasteiger charge is 2.48. The van der Waals surface area contributed by atoms with Crippen molar-refractivity contribution in [1.82, 2.24) is 4.90 Å². The van der Waals surface area contributed by atoms with Gasteiger partial charge in [-0.25, -0.2) is 0 Å². The Bertz CT molecular complexity index is 469. The van der Waals surface area contributed by atoms with Gasteiger partial charge < -0.3 is 9.64 Å². The van der Waals surface area contributed by atoms with Gasteiger partial charge in [0.2, 0.25) is 0 Å². The van der Waals surface area contributed by atoms with E-state index < -0.39 is 0 Å². The highest BCUT2D eigenvalue weighted by atomic mass is 16.5. The summed E-state index contributed by atoms with van der Waals surface area (Å²) in [5.41, 5.74) is 0. The molecule has 5 fully saturated rings. The lowest BCUT2D eigenvalue weighted by atomic mass is 9.67. The number of ether oxygens (including phenoxy) is 1. The summed E-state index contributed by atoms with van der Waals surface area (Å²) in [4.78, 5) is 2.76. The molecule has 2 nitrogen and oxygen atoms in total. The molecule has 2 aliphatic heterocycles. The second kappa shape index (κ2) is 8.96. The van der Waals surface area contributed by atoms with E-state index in [9.17, 15) is 0 Å². The number of nitrogens with zero attached hydrogens (tertiary/aromatic N) is 1. The summed E-state index contributed by atoms with van der Waals surface area (Å²) in [7, 11) is 2.43. The predicted octanol–water partition coefficient (Wildman–Crippen LogP) is 6.43. The van der Waals surface area contributed by atoms with Crippen LogP contribution in [-0.4, -0.2) is 36.7 Å². The quantitative estimate of drug-likeness (QED) is 0.553. The van der Waals surface area contributed by atoms with Gasteiger partial charge in [-0.05, 0) is 88.0 Å². The zero-order valence-corrected chi connectivity index (χ0v) is 18.5. The molecule has 0 spiro atoms. The molecule has 2 saturated heterocycles. The van der Waals surface area contributed by atoms with Crippen molar-refractivity contribution in [2.24, 2.45) is 29.6 Å². The summed E-state index contributed by atoms with van der Waals surface area (Å²) in [6.07, 6.45) is 24.5. The number of rotatable bonds is 3. The average molecular weight is 388 g/mol. The monoisotopic (exact) mass is 387 g/mol. The third kappa shape index (κ3) is 4.07. The Morgan fingerprint density at radius 3 is 1.71 bits per heavy atom. The first-order chi connectivity index (χ1) is 13.8. The number of hydrogen-bond acceptors (Lipinski definition) is 2. The molecule has 2 heteroatoms. The van der Waals surface area contributed by atoms with Gasteiger partial charge in [0.25, 0.3) is 0 Å². The Kier molecular flexibility index (Phi) is 6.36. The van der Waals surface area contributed by atoms with Gasteiger partial charge in [-0.15, -0.1) is 0 Å². The van der Waals surface area contributed by atoms with Crippen LogP contribution in [0.25, 0.3) is 0 Å². The molecule has 2 heterocycles. The normalized spacial score (nSPS) is 44.5. The highest BCUT2D eigenvalue weighted by molar-refractivity contribution is 4.99. The van der Waals surface area contributed by atoms with Gasteiger partial charge in [0, 0.05) is 12.6 Å². The first-order valence-electron chi connectivity index (χ1n) is 13.2. The molecule has 0 bridgehead atoms. The van der Waals surface area contributed by atoms with Crippen LogP contribution in [0.4, 0.5) is 0 Å².